The molecule has 0 radical (unpaired) electrons. The number of urea groups is 1. The number of hydrogen-bond acceptors (Lipinski definition) is 5. The summed E-state index contributed by atoms with van der Waals surface area (Å²) < 4.78 is 11.3. The molecule has 0 bridgehead atoms. The lowest BCUT2D eigenvalue weighted by Crippen LogP contribution is -2.49. The second-order valence-electron chi connectivity index (χ2n) is 9.43. The van der Waals surface area contributed by atoms with Crippen LogP contribution in [0.4, 0.5) is 4.79 Å². The van der Waals surface area contributed by atoms with Gasteiger partial charge in [-0.15, -0.1) is 0 Å². The standard InChI is InChI=1S/C26H31N5O3/c1-17-13-28-25-21(17)12-20(14-29-25)19-10-18-2-4-31(26(32)30-5-8-33-9-6-30)15-23(18)22(11-19)24-16-34-7-3-27-24/h10-14,24,27H,2-9,15-16H2,1H3,(H,28,29). The van der Waals surface area contributed by atoms with Crippen LogP contribution in [0, 0.1) is 6.92 Å². The van der Waals surface area contributed by atoms with Crippen molar-refractivity contribution in [1.82, 2.24) is 25.1 Å². The molecule has 2 fully saturated rings. The minimum absolute atomic E-state index is 0.117. The van der Waals surface area contributed by atoms with E-state index in [-0.39, 0.29) is 12.1 Å². The maximum atomic E-state index is 13.2. The van der Waals surface area contributed by atoms with Crippen molar-refractivity contribution >= 4 is 17.1 Å². The number of ether oxygens (including phenoxy) is 2. The molecule has 3 aliphatic heterocycles. The van der Waals surface area contributed by atoms with Gasteiger partial charge in [-0.2, -0.15) is 0 Å². The number of carbonyl (C=O) groups excluding carboxylic acids is 1. The molecule has 1 aromatic carbocycles. The lowest BCUT2D eigenvalue weighted by atomic mass is 9.87. The maximum absolute atomic E-state index is 13.2. The van der Waals surface area contributed by atoms with Crippen molar-refractivity contribution in [3.05, 3.63) is 52.8 Å². The third kappa shape index (κ3) is 3.96. The zero-order chi connectivity index (χ0) is 23.1. The summed E-state index contributed by atoms with van der Waals surface area (Å²) >= 11 is 0. The molecule has 2 N–H and O–H groups in total. The molecule has 6 rings (SSSR count). The van der Waals surface area contributed by atoms with Crippen LogP contribution in [0.2, 0.25) is 0 Å². The molecule has 2 amide bonds. The number of carbonyl (C=O) groups is 1. The number of benzene rings is 1. The first-order valence-electron chi connectivity index (χ1n) is 12.2. The smallest absolute Gasteiger partial charge is 0.320 e. The van der Waals surface area contributed by atoms with Crippen molar-refractivity contribution in [2.24, 2.45) is 0 Å². The summed E-state index contributed by atoms with van der Waals surface area (Å²) in [4.78, 5) is 25.0. The lowest BCUT2D eigenvalue weighted by Gasteiger charge is -2.37. The second-order valence-corrected chi connectivity index (χ2v) is 9.43. The average molecular weight is 462 g/mol. The Hall–Kier alpha value is -2.94. The number of hydrogen-bond donors (Lipinski definition) is 2. The van der Waals surface area contributed by atoms with Crippen molar-refractivity contribution in [1.29, 1.82) is 0 Å². The van der Waals surface area contributed by atoms with Gasteiger partial charge in [0.25, 0.3) is 0 Å². The number of nitrogens with one attached hydrogen (secondary N) is 2. The quantitative estimate of drug-likeness (QED) is 0.613. The summed E-state index contributed by atoms with van der Waals surface area (Å²) in [6, 6.07) is 7.03. The fraction of sp³-hybridized carbons (Fsp3) is 0.462. The third-order valence-electron chi connectivity index (χ3n) is 7.30. The first kappa shape index (κ1) is 21.6. The number of rotatable bonds is 2. The van der Waals surface area contributed by atoms with E-state index in [0.29, 0.717) is 39.5 Å². The van der Waals surface area contributed by atoms with E-state index in [1.807, 2.05) is 22.2 Å². The molecule has 3 aromatic rings. The highest BCUT2D eigenvalue weighted by Crippen LogP contribution is 2.34. The Morgan fingerprint density at radius 1 is 1.06 bits per heavy atom. The SMILES string of the molecule is Cc1c[nH]c2ncc(-c3cc4c(c(C5COCCN5)c3)CN(C(=O)N3CCOCC3)CC4)cc12. The van der Waals surface area contributed by atoms with Gasteiger partial charge in [0.1, 0.15) is 5.65 Å². The van der Waals surface area contributed by atoms with Crippen LogP contribution in [0.5, 0.6) is 0 Å². The molecule has 1 atom stereocenters. The zero-order valence-corrected chi connectivity index (χ0v) is 19.6. The van der Waals surface area contributed by atoms with Gasteiger partial charge in [-0.05, 0) is 53.3 Å². The number of fused-ring (bicyclic) bond motifs is 2. The van der Waals surface area contributed by atoms with E-state index >= 15 is 0 Å². The van der Waals surface area contributed by atoms with E-state index in [1.54, 1.807) is 0 Å². The van der Waals surface area contributed by atoms with Gasteiger partial charge in [0, 0.05) is 56.1 Å². The minimum Gasteiger partial charge on any atom is -0.378 e. The molecule has 0 saturated carbocycles. The van der Waals surface area contributed by atoms with Crippen LogP contribution in [0.3, 0.4) is 0 Å². The number of nitrogens with zero attached hydrogens (tertiary/aromatic N) is 3. The van der Waals surface area contributed by atoms with E-state index in [4.69, 9.17) is 9.47 Å². The topological polar surface area (TPSA) is 82.7 Å². The van der Waals surface area contributed by atoms with E-state index in [9.17, 15) is 4.79 Å². The molecule has 8 nitrogen and oxygen atoms in total. The van der Waals surface area contributed by atoms with Crippen LogP contribution in [0.25, 0.3) is 22.2 Å². The van der Waals surface area contributed by atoms with E-state index in [1.165, 1.54) is 27.8 Å². The summed E-state index contributed by atoms with van der Waals surface area (Å²) in [5, 5.41) is 4.78. The second kappa shape index (κ2) is 9.02. The molecule has 5 heterocycles. The minimum atomic E-state index is 0.117. The number of pyridine rings is 1. The number of aromatic amines is 1. The summed E-state index contributed by atoms with van der Waals surface area (Å²) in [5.74, 6) is 0. The van der Waals surface area contributed by atoms with E-state index in [2.05, 4.69) is 40.4 Å². The van der Waals surface area contributed by atoms with Crippen LogP contribution < -0.4 is 5.32 Å². The summed E-state index contributed by atoms with van der Waals surface area (Å²) in [6.45, 7) is 8.24. The molecular formula is C26H31N5O3. The summed E-state index contributed by atoms with van der Waals surface area (Å²) in [7, 11) is 0. The molecule has 0 aliphatic carbocycles. The van der Waals surface area contributed by atoms with Gasteiger partial charge in [0.2, 0.25) is 0 Å². The number of amides is 2. The number of H-pyrrole nitrogens is 1. The van der Waals surface area contributed by atoms with Crippen molar-refractivity contribution in [3.63, 3.8) is 0 Å². The van der Waals surface area contributed by atoms with Gasteiger partial charge in [0.05, 0.1) is 32.5 Å². The average Bonchev–Trinajstić information content (AvgIpc) is 3.28. The fourth-order valence-corrected chi connectivity index (χ4v) is 5.35. The highest BCUT2D eigenvalue weighted by Gasteiger charge is 2.30. The van der Waals surface area contributed by atoms with Crippen LogP contribution in [-0.4, -0.2) is 78.4 Å². The molecule has 3 aliphatic rings. The van der Waals surface area contributed by atoms with E-state index in [0.717, 1.165) is 42.7 Å². The largest absolute Gasteiger partial charge is 0.378 e. The van der Waals surface area contributed by atoms with Gasteiger partial charge < -0.3 is 29.6 Å². The number of aryl methyl sites for hydroxylation is 1. The monoisotopic (exact) mass is 461 g/mol. The van der Waals surface area contributed by atoms with Gasteiger partial charge in [-0.1, -0.05) is 6.07 Å². The first-order valence-corrected chi connectivity index (χ1v) is 12.2. The van der Waals surface area contributed by atoms with Crippen molar-refractivity contribution in [3.8, 4) is 11.1 Å². The Balaban J connectivity index is 1.37. The van der Waals surface area contributed by atoms with Gasteiger partial charge in [-0.3, -0.25) is 0 Å². The Bertz CT molecular complexity index is 1210. The molecule has 2 saturated heterocycles. The van der Waals surface area contributed by atoms with Crippen LogP contribution in [0.1, 0.15) is 28.3 Å². The Labute approximate surface area is 199 Å². The molecular weight excluding hydrogens is 430 g/mol. The Kier molecular flexibility index (Phi) is 5.72. The van der Waals surface area contributed by atoms with Gasteiger partial charge in [-0.25, -0.2) is 9.78 Å². The van der Waals surface area contributed by atoms with E-state index < -0.39 is 0 Å². The molecule has 178 valence electrons. The third-order valence-corrected chi connectivity index (χ3v) is 7.30. The summed E-state index contributed by atoms with van der Waals surface area (Å²) in [6.07, 6.45) is 4.80. The van der Waals surface area contributed by atoms with Crippen molar-refractivity contribution in [2.75, 3.05) is 52.6 Å². The first-order chi connectivity index (χ1) is 16.7. The molecule has 8 heteroatoms. The van der Waals surface area contributed by atoms with Crippen molar-refractivity contribution in [2.45, 2.75) is 25.9 Å². The molecule has 34 heavy (non-hydrogen) atoms. The van der Waals surface area contributed by atoms with Gasteiger partial charge >= 0.3 is 6.03 Å². The molecule has 0 spiro atoms. The van der Waals surface area contributed by atoms with Crippen LogP contribution in [0.15, 0.2) is 30.6 Å². The maximum Gasteiger partial charge on any atom is 0.320 e. The summed E-state index contributed by atoms with van der Waals surface area (Å²) in [5.41, 5.74) is 8.20. The molecule has 2 aromatic heterocycles. The van der Waals surface area contributed by atoms with Crippen LogP contribution in [-0.2, 0) is 22.4 Å². The lowest BCUT2D eigenvalue weighted by molar-refractivity contribution is 0.0420. The zero-order valence-electron chi connectivity index (χ0n) is 19.6. The fourth-order valence-electron chi connectivity index (χ4n) is 5.35. The number of morpholine rings is 2. The van der Waals surface area contributed by atoms with Crippen LogP contribution >= 0.6 is 0 Å². The number of aromatic nitrogens is 2. The highest BCUT2D eigenvalue weighted by molar-refractivity contribution is 5.84. The Morgan fingerprint density at radius 2 is 1.94 bits per heavy atom. The predicted octanol–water partition coefficient (Wildman–Crippen LogP) is 3.01. The normalized spacial score (nSPS) is 21.0. The van der Waals surface area contributed by atoms with Gasteiger partial charge in [0.15, 0.2) is 0 Å². The predicted molar refractivity (Wildman–Crippen MR) is 130 cm³/mol. The highest BCUT2D eigenvalue weighted by atomic mass is 16.5. The Morgan fingerprint density at radius 3 is 2.76 bits per heavy atom. The molecule has 1 unspecified atom stereocenters. The van der Waals surface area contributed by atoms with Crippen molar-refractivity contribution < 1.29 is 14.3 Å².